The van der Waals surface area contributed by atoms with Crippen molar-refractivity contribution in [1.29, 1.82) is 0 Å². The molecule has 0 spiro atoms. The molecular weight excluding hydrogens is 282 g/mol. The molecule has 1 aliphatic rings. The molecule has 0 amide bonds. The van der Waals surface area contributed by atoms with E-state index in [1.54, 1.807) is 0 Å². The van der Waals surface area contributed by atoms with E-state index < -0.39 is 0 Å². The Bertz CT molecular complexity index is 102. The molecule has 12 heavy (non-hydrogen) atoms. The van der Waals surface area contributed by atoms with Crippen LogP contribution in [0.5, 0.6) is 0 Å². The highest BCUT2D eigenvalue weighted by molar-refractivity contribution is 14.1. The van der Waals surface area contributed by atoms with Crippen LogP contribution in [-0.2, 0) is 0 Å². The lowest BCUT2D eigenvalue weighted by Crippen LogP contribution is -2.14. The van der Waals surface area contributed by atoms with Crippen molar-refractivity contribution in [2.24, 2.45) is 0 Å². The topological polar surface area (TPSA) is 0 Å². The van der Waals surface area contributed by atoms with Gasteiger partial charge in [-0.3, -0.25) is 0 Å². The van der Waals surface area contributed by atoms with Gasteiger partial charge in [0.2, 0.25) is 0 Å². The summed E-state index contributed by atoms with van der Waals surface area (Å²) < 4.78 is 0.711. The Balaban J connectivity index is 2.26. The maximum atomic E-state index is 6.26. The molecule has 0 N–H and O–H groups in total. The summed E-state index contributed by atoms with van der Waals surface area (Å²) in [5, 5.41) is 0.434. The first-order chi connectivity index (χ1) is 5.80. The molecular formula is C10H18ClI. The standard InChI is InChI=1S/C10H18ClI/c11-9-7-5-3-1-2-4-6-8-10(9)12/h9-10H,1-8H2. The Morgan fingerprint density at radius 1 is 0.833 bits per heavy atom. The molecule has 0 bridgehead atoms. The van der Waals surface area contributed by atoms with Gasteiger partial charge < -0.3 is 0 Å². The van der Waals surface area contributed by atoms with Gasteiger partial charge in [-0.05, 0) is 12.8 Å². The van der Waals surface area contributed by atoms with Crippen LogP contribution in [0.2, 0.25) is 0 Å². The zero-order valence-corrected chi connectivity index (χ0v) is 10.5. The fourth-order valence-corrected chi connectivity index (χ4v) is 2.83. The van der Waals surface area contributed by atoms with Crippen LogP contribution < -0.4 is 0 Å². The highest BCUT2D eigenvalue weighted by atomic mass is 127. The minimum atomic E-state index is 0.434. The normalized spacial score (nSPS) is 34.5. The van der Waals surface area contributed by atoms with Gasteiger partial charge in [-0.1, -0.05) is 61.1 Å². The van der Waals surface area contributed by atoms with Gasteiger partial charge >= 0.3 is 0 Å². The first kappa shape index (κ1) is 11.1. The van der Waals surface area contributed by atoms with Crippen molar-refractivity contribution in [3.8, 4) is 0 Å². The summed E-state index contributed by atoms with van der Waals surface area (Å²) in [6.45, 7) is 0. The van der Waals surface area contributed by atoms with Gasteiger partial charge in [0.15, 0.2) is 0 Å². The summed E-state index contributed by atoms with van der Waals surface area (Å²) in [5.41, 5.74) is 0. The van der Waals surface area contributed by atoms with Gasteiger partial charge in [0.1, 0.15) is 0 Å². The second kappa shape index (κ2) is 6.47. The molecule has 0 radical (unpaired) electrons. The van der Waals surface area contributed by atoms with Crippen molar-refractivity contribution in [3.05, 3.63) is 0 Å². The maximum absolute atomic E-state index is 6.26. The highest BCUT2D eigenvalue weighted by Gasteiger charge is 2.15. The highest BCUT2D eigenvalue weighted by Crippen LogP contribution is 2.25. The average Bonchev–Trinajstić information content (AvgIpc) is 2.08. The Hall–Kier alpha value is 1.02. The van der Waals surface area contributed by atoms with E-state index in [0.717, 1.165) is 0 Å². The summed E-state index contributed by atoms with van der Waals surface area (Å²) in [6, 6.07) is 0. The van der Waals surface area contributed by atoms with Crippen molar-refractivity contribution in [2.45, 2.75) is 60.7 Å². The molecule has 1 fully saturated rings. The third-order valence-electron chi connectivity index (χ3n) is 2.60. The van der Waals surface area contributed by atoms with Gasteiger partial charge in [-0.15, -0.1) is 11.6 Å². The predicted octanol–water partition coefficient (Wildman–Crippen LogP) is 4.53. The minimum absolute atomic E-state index is 0.434. The monoisotopic (exact) mass is 300 g/mol. The van der Waals surface area contributed by atoms with Crippen LogP contribution in [0.4, 0.5) is 0 Å². The fourth-order valence-electron chi connectivity index (χ4n) is 1.75. The molecule has 0 heterocycles. The van der Waals surface area contributed by atoms with E-state index in [-0.39, 0.29) is 0 Å². The maximum Gasteiger partial charge on any atom is 0.0453 e. The van der Waals surface area contributed by atoms with Crippen LogP contribution in [-0.4, -0.2) is 9.30 Å². The lowest BCUT2D eigenvalue weighted by atomic mass is 10.0. The van der Waals surface area contributed by atoms with E-state index in [9.17, 15) is 0 Å². The van der Waals surface area contributed by atoms with Gasteiger partial charge in [0.05, 0.1) is 0 Å². The Morgan fingerprint density at radius 3 is 2.00 bits per heavy atom. The van der Waals surface area contributed by atoms with Crippen molar-refractivity contribution in [2.75, 3.05) is 0 Å². The van der Waals surface area contributed by atoms with Gasteiger partial charge in [-0.25, -0.2) is 0 Å². The molecule has 0 aliphatic heterocycles. The molecule has 2 atom stereocenters. The second-order valence-electron chi connectivity index (χ2n) is 3.73. The van der Waals surface area contributed by atoms with Crippen molar-refractivity contribution in [3.63, 3.8) is 0 Å². The lowest BCUT2D eigenvalue weighted by Gasteiger charge is -2.17. The smallest absolute Gasteiger partial charge is 0.0453 e. The van der Waals surface area contributed by atoms with Gasteiger partial charge in [-0.2, -0.15) is 0 Å². The quantitative estimate of drug-likeness (QED) is 0.455. The zero-order valence-electron chi connectivity index (χ0n) is 7.57. The van der Waals surface area contributed by atoms with Crippen LogP contribution in [0.3, 0.4) is 0 Å². The SMILES string of the molecule is ClC1CCCCCCCCC1I. The fraction of sp³-hybridized carbons (Fsp3) is 1.00. The zero-order chi connectivity index (χ0) is 8.81. The second-order valence-corrected chi connectivity index (χ2v) is 5.89. The average molecular weight is 301 g/mol. The van der Waals surface area contributed by atoms with E-state index in [0.29, 0.717) is 9.30 Å². The molecule has 2 heteroatoms. The first-order valence-electron chi connectivity index (χ1n) is 5.09. The van der Waals surface area contributed by atoms with E-state index in [1.165, 1.54) is 51.4 Å². The van der Waals surface area contributed by atoms with Crippen molar-refractivity contribution >= 4 is 34.2 Å². The number of hydrogen-bond acceptors (Lipinski definition) is 0. The minimum Gasteiger partial charge on any atom is -0.122 e. The molecule has 0 nitrogen and oxygen atoms in total. The van der Waals surface area contributed by atoms with Crippen LogP contribution >= 0.6 is 34.2 Å². The lowest BCUT2D eigenvalue weighted by molar-refractivity contribution is 0.521. The van der Waals surface area contributed by atoms with E-state index >= 15 is 0 Å². The number of hydrogen-bond donors (Lipinski definition) is 0. The van der Waals surface area contributed by atoms with Gasteiger partial charge in [0, 0.05) is 9.30 Å². The Kier molecular flexibility index (Phi) is 5.98. The molecule has 0 aromatic rings. The number of rotatable bonds is 0. The Morgan fingerprint density at radius 2 is 1.33 bits per heavy atom. The molecule has 0 aromatic heterocycles. The first-order valence-corrected chi connectivity index (χ1v) is 6.77. The molecule has 0 aromatic carbocycles. The molecule has 2 unspecified atom stereocenters. The van der Waals surface area contributed by atoms with E-state index in [4.69, 9.17) is 11.6 Å². The van der Waals surface area contributed by atoms with E-state index in [1.807, 2.05) is 0 Å². The third-order valence-corrected chi connectivity index (χ3v) is 5.04. The van der Waals surface area contributed by atoms with Crippen LogP contribution in [0.15, 0.2) is 0 Å². The summed E-state index contributed by atoms with van der Waals surface area (Å²) in [6.07, 6.45) is 11.0. The van der Waals surface area contributed by atoms with Crippen molar-refractivity contribution < 1.29 is 0 Å². The molecule has 1 aliphatic carbocycles. The summed E-state index contributed by atoms with van der Waals surface area (Å²) >= 11 is 8.79. The summed E-state index contributed by atoms with van der Waals surface area (Å²) in [4.78, 5) is 0. The van der Waals surface area contributed by atoms with Gasteiger partial charge in [0.25, 0.3) is 0 Å². The number of halogens is 2. The molecule has 72 valence electrons. The van der Waals surface area contributed by atoms with Crippen LogP contribution in [0.25, 0.3) is 0 Å². The number of alkyl halides is 2. The molecule has 0 saturated heterocycles. The Labute approximate surface area is 94.6 Å². The van der Waals surface area contributed by atoms with Crippen molar-refractivity contribution in [1.82, 2.24) is 0 Å². The summed E-state index contributed by atoms with van der Waals surface area (Å²) in [5.74, 6) is 0. The van der Waals surface area contributed by atoms with Crippen LogP contribution in [0.1, 0.15) is 51.4 Å². The van der Waals surface area contributed by atoms with Crippen LogP contribution in [0, 0.1) is 0 Å². The predicted molar refractivity (Wildman–Crippen MR) is 64.4 cm³/mol. The largest absolute Gasteiger partial charge is 0.122 e. The molecule has 1 rings (SSSR count). The summed E-state index contributed by atoms with van der Waals surface area (Å²) in [7, 11) is 0. The van der Waals surface area contributed by atoms with E-state index in [2.05, 4.69) is 22.6 Å². The molecule has 1 saturated carbocycles. The third kappa shape index (κ3) is 4.31.